The molecule has 1 aliphatic carbocycles. The van der Waals surface area contributed by atoms with E-state index in [1.54, 1.807) is 7.11 Å². The van der Waals surface area contributed by atoms with Gasteiger partial charge in [0.25, 0.3) is 0 Å². The van der Waals surface area contributed by atoms with Crippen molar-refractivity contribution in [1.82, 2.24) is 0 Å². The molecule has 0 aliphatic heterocycles. The Morgan fingerprint density at radius 3 is 2.71 bits per heavy atom. The van der Waals surface area contributed by atoms with Crippen LogP contribution in [-0.4, -0.2) is 32.0 Å². The molecule has 1 aliphatic rings. The number of ether oxygens (including phenoxy) is 2. The summed E-state index contributed by atoms with van der Waals surface area (Å²) in [5, 5.41) is 0. The summed E-state index contributed by atoms with van der Waals surface area (Å²) < 4.78 is 11.1. The van der Waals surface area contributed by atoms with Crippen molar-refractivity contribution < 1.29 is 9.47 Å². The average molecular weight is 201 g/mol. The molecule has 0 amide bonds. The molecule has 0 heterocycles. The van der Waals surface area contributed by atoms with Crippen LogP contribution in [-0.2, 0) is 9.47 Å². The van der Waals surface area contributed by atoms with Gasteiger partial charge in [-0.25, -0.2) is 0 Å². The first-order valence-corrected chi connectivity index (χ1v) is 5.66. The number of nitrogens with two attached hydrogens (primary N) is 1. The first kappa shape index (κ1) is 12.0. The quantitative estimate of drug-likeness (QED) is 0.736. The van der Waals surface area contributed by atoms with Crippen LogP contribution in [0.2, 0.25) is 0 Å². The molecule has 0 radical (unpaired) electrons. The highest BCUT2D eigenvalue weighted by Gasteiger charge is 2.22. The number of hydrogen-bond acceptors (Lipinski definition) is 3. The Morgan fingerprint density at radius 2 is 2.07 bits per heavy atom. The van der Waals surface area contributed by atoms with Crippen LogP contribution in [0.3, 0.4) is 0 Å². The molecular formula is C11H23NO2. The maximum Gasteiger partial charge on any atom is 0.0621 e. The van der Waals surface area contributed by atoms with Gasteiger partial charge in [0, 0.05) is 13.2 Å². The molecule has 1 fully saturated rings. The van der Waals surface area contributed by atoms with Gasteiger partial charge in [0.1, 0.15) is 0 Å². The Morgan fingerprint density at radius 1 is 1.36 bits per heavy atom. The summed E-state index contributed by atoms with van der Waals surface area (Å²) in [5.74, 6) is 0. The highest BCUT2D eigenvalue weighted by Crippen LogP contribution is 2.23. The lowest BCUT2D eigenvalue weighted by Crippen LogP contribution is -2.32. The van der Waals surface area contributed by atoms with E-state index in [-0.39, 0.29) is 6.04 Å². The molecule has 14 heavy (non-hydrogen) atoms. The van der Waals surface area contributed by atoms with Crippen molar-refractivity contribution >= 4 is 0 Å². The van der Waals surface area contributed by atoms with E-state index in [4.69, 9.17) is 15.2 Å². The van der Waals surface area contributed by atoms with Crippen molar-refractivity contribution in [3.05, 3.63) is 0 Å². The summed E-state index contributed by atoms with van der Waals surface area (Å²) in [6.45, 7) is 2.78. The number of rotatable bonds is 5. The molecule has 1 saturated carbocycles. The number of methoxy groups -OCH3 is 1. The largest absolute Gasteiger partial charge is 0.381 e. The summed E-state index contributed by atoms with van der Waals surface area (Å²) in [5.41, 5.74) is 5.80. The minimum atomic E-state index is 0.193. The molecule has 1 rings (SSSR count). The van der Waals surface area contributed by atoms with Gasteiger partial charge < -0.3 is 15.2 Å². The SMILES string of the molecule is CCC(N)COC1CCCC(OC)C1. The third kappa shape index (κ3) is 3.95. The lowest BCUT2D eigenvalue weighted by atomic mass is 9.95. The average Bonchev–Trinajstić information content (AvgIpc) is 2.26. The van der Waals surface area contributed by atoms with Crippen molar-refractivity contribution in [2.75, 3.05) is 13.7 Å². The molecule has 3 unspecified atom stereocenters. The van der Waals surface area contributed by atoms with Gasteiger partial charge >= 0.3 is 0 Å². The van der Waals surface area contributed by atoms with E-state index in [0.29, 0.717) is 18.8 Å². The fraction of sp³-hybridized carbons (Fsp3) is 1.00. The van der Waals surface area contributed by atoms with Gasteiger partial charge in [-0.05, 0) is 32.1 Å². The molecule has 3 nitrogen and oxygen atoms in total. The molecule has 0 aromatic rings. The van der Waals surface area contributed by atoms with E-state index in [1.165, 1.54) is 12.8 Å². The smallest absolute Gasteiger partial charge is 0.0621 e. The summed E-state index contributed by atoms with van der Waals surface area (Å²) in [6.07, 6.45) is 6.34. The Labute approximate surface area is 86.9 Å². The van der Waals surface area contributed by atoms with Crippen LogP contribution < -0.4 is 5.73 Å². The predicted octanol–water partition coefficient (Wildman–Crippen LogP) is 1.70. The first-order valence-electron chi connectivity index (χ1n) is 5.66. The van der Waals surface area contributed by atoms with Crippen LogP contribution >= 0.6 is 0 Å². The van der Waals surface area contributed by atoms with E-state index >= 15 is 0 Å². The second kappa shape index (κ2) is 6.38. The van der Waals surface area contributed by atoms with Crippen LogP contribution in [0.5, 0.6) is 0 Å². The molecule has 3 heteroatoms. The maximum atomic E-state index is 5.80. The lowest BCUT2D eigenvalue weighted by Gasteiger charge is -2.28. The molecule has 0 spiro atoms. The van der Waals surface area contributed by atoms with Gasteiger partial charge in [-0.15, -0.1) is 0 Å². The summed E-state index contributed by atoms with van der Waals surface area (Å²) in [7, 11) is 1.78. The van der Waals surface area contributed by atoms with Gasteiger partial charge in [-0.3, -0.25) is 0 Å². The van der Waals surface area contributed by atoms with Crippen molar-refractivity contribution in [1.29, 1.82) is 0 Å². The van der Waals surface area contributed by atoms with Crippen LogP contribution in [0.25, 0.3) is 0 Å². The summed E-state index contributed by atoms with van der Waals surface area (Å²) in [6, 6.07) is 0.193. The second-order valence-electron chi connectivity index (χ2n) is 4.15. The molecule has 0 saturated heterocycles. The van der Waals surface area contributed by atoms with E-state index in [1.807, 2.05) is 0 Å². The zero-order chi connectivity index (χ0) is 10.4. The van der Waals surface area contributed by atoms with Crippen LogP contribution in [0.4, 0.5) is 0 Å². The van der Waals surface area contributed by atoms with Crippen LogP contribution in [0.15, 0.2) is 0 Å². The van der Waals surface area contributed by atoms with E-state index in [0.717, 1.165) is 19.3 Å². The lowest BCUT2D eigenvalue weighted by molar-refractivity contribution is -0.0332. The highest BCUT2D eigenvalue weighted by molar-refractivity contribution is 4.74. The van der Waals surface area contributed by atoms with E-state index < -0.39 is 0 Å². The second-order valence-corrected chi connectivity index (χ2v) is 4.15. The Hall–Kier alpha value is -0.120. The zero-order valence-corrected chi connectivity index (χ0v) is 9.37. The van der Waals surface area contributed by atoms with Crippen LogP contribution in [0, 0.1) is 0 Å². The molecule has 3 atom stereocenters. The van der Waals surface area contributed by atoms with Crippen LogP contribution in [0.1, 0.15) is 39.0 Å². The van der Waals surface area contributed by atoms with Crippen molar-refractivity contribution in [2.45, 2.75) is 57.3 Å². The molecule has 0 aromatic heterocycles. The van der Waals surface area contributed by atoms with Crippen molar-refractivity contribution in [3.8, 4) is 0 Å². The summed E-state index contributed by atoms with van der Waals surface area (Å²) >= 11 is 0. The minimum Gasteiger partial charge on any atom is -0.381 e. The third-order valence-electron chi connectivity index (χ3n) is 2.98. The van der Waals surface area contributed by atoms with Crippen molar-refractivity contribution in [3.63, 3.8) is 0 Å². The molecule has 0 bridgehead atoms. The first-order chi connectivity index (χ1) is 6.76. The minimum absolute atomic E-state index is 0.193. The fourth-order valence-electron chi connectivity index (χ4n) is 1.85. The van der Waals surface area contributed by atoms with Crippen molar-refractivity contribution in [2.24, 2.45) is 5.73 Å². The Balaban J connectivity index is 2.17. The van der Waals surface area contributed by atoms with Gasteiger partial charge in [-0.2, -0.15) is 0 Å². The Kier molecular flexibility index (Phi) is 5.45. The molecular weight excluding hydrogens is 178 g/mol. The fourth-order valence-corrected chi connectivity index (χ4v) is 1.85. The Bertz CT molecular complexity index is 152. The maximum absolute atomic E-state index is 5.80. The third-order valence-corrected chi connectivity index (χ3v) is 2.98. The van der Waals surface area contributed by atoms with Gasteiger partial charge in [0.2, 0.25) is 0 Å². The van der Waals surface area contributed by atoms with Gasteiger partial charge in [0.15, 0.2) is 0 Å². The van der Waals surface area contributed by atoms with E-state index in [2.05, 4.69) is 6.92 Å². The van der Waals surface area contributed by atoms with E-state index in [9.17, 15) is 0 Å². The monoisotopic (exact) mass is 201 g/mol. The van der Waals surface area contributed by atoms with Gasteiger partial charge in [-0.1, -0.05) is 6.92 Å². The topological polar surface area (TPSA) is 44.5 Å². The summed E-state index contributed by atoms with van der Waals surface area (Å²) in [4.78, 5) is 0. The molecule has 2 N–H and O–H groups in total. The standard InChI is InChI=1S/C11H23NO2/c1-3-9(12)8-14-11-6-4-5-10(7-11)13-2/h9-11H,3-8,12H2,1-2H3. The molecule has 84 valence electrons. The normalized spacial score (nSPS) is 30.2. The number of hydrogen-bond donors (Lipinski definition) is 1. The predicted molar refractivity (Wildman–Crippen MR) is 57.3 cm³/mol. The zero-order valence-electron chi connectivity index (χ0n) is 9.37. The highest BCUT2D eigenvalue weighted by atomic mass is 16.5. The van der Waals surface area contributed by atoms with Gasteiger partial charge in [0.05, 0.1) is 18.8 Å². The molecule has 0 aromatic carbocycles.